The molecular weight excluding hydrogens is 248 g/mol. The number of carbonyl (C=O) groups excluding carboxylic acids is 1. The zero-order chi connectivity index (χ0) is 14.3. The van der Waals surface area contributed by atoms with Crippen LogP contribution in [0.4, 0.5) is 0 Å². The molecule has 5 nitrogen and oxygen atoms in total. The van der Waals surface area contributed by atoms with Crippen LogP contribution in [0.3, 0.4) is 0 Å². The van der Waals surface area contributed by atoms with E-state index in [1.165, 1.54) is 0 Å². The Kier molecular flexibility index (Phi) is 5.85. The molecule has 0 unspecified atom stereocenters. The molecule has 104 valence electrons. The van der Waals surface area contributed by atoms with Gasteiger partial charge >= 0.3 is 5.97 Å². The third kappa shape index (κ3) is 4.62. The molecule has 1 aromatic rings. The number of carbonyl (C=O) groups is 2. The average molecular weight is 266 g/mol. The fraction of sp³-hybridized carbons (Fsp3) is 0.429. The van der Waals surface area contributed by atoms with E-state index in [9.17, 15) is 9.59 Å². The number of Topliss-reactive ketones (excluding diaryl/α,β-unsaturated/α-hetero) is 1. The van der Waals surface area contributed by atoms with E-state index in [4.69, 9.17) is 14.6 Å². The van der Waals surface area contributed by atoms with E-state index in [-0.39, 0.29) is 18.6 Å². The molecule has 19 heavy (non-hydrogen) atoms. The van der Waals surface area contributed by atoms with Crippen molar-refractivity contribution in [2.24, 2.45) is 0 Å². The zero-order valence-corrected chi connectivity index (χ0v) is 11.1. The fourth-order valence-corrected chi connectivity index (χ4v) is 1.62. The van der Waals surface area contributed by atoms with Crippen LogP contribution in [0, 0.1) is 0 Å². The Bertz CT molecular complexity index is 453. The van der Waals surface area contributed by atoms with Crippen LogP contribution in [0.2, 0.25) is 0 Å². The minimum absolute atomic E-state index is 0.0506. The molecule has 0 fully saturated rings. The van der Waals surface area contributed by atoms with E-state index in [1.54, 1.807) is 18.2 Å². The van der Waals surface area contributed by atoms with Crippen LogP contribution in [0.25, 0.3) is 0 Å². The SMILES string of the molecule is CCOc1ccc(OCC)c(C(=O)CCC(=O)O)c1. The maximum absolute atomic E-state index is 12.0. The number of carboxylic acids is 1. The van der Waals surface area contributed by atoms with Crippen LogP contribution in [-0.2, 0) is 4.79 Å². The van der Waals surface area contributed by atoms with E-state index in [0.29, 0.717) is 30.3 Å². The van der Waals surface area contributed by atoms with Gasteiger partial charge in [-0.15, -0.1) is 0 Å². The van der Waals surface area contributed by atoms with Gasteiger partial charge in [0, 0.05) is 6.42 Å². The van der Waals surface area contributed by atoms with Gasteiger partial charge in [0.1, 0.15) is 11.5 Å². The van der Waals surface area contributed by atoms with Crippen molar-refractivity contribution in [3.63, 3.8) is 0 Å². The summed E-state index contributed by atoms with van der Waals surface area (Å²) >= 11 is 0. The van der Waals surface area contributed by atoms with Gasteiger partial charge in [0.25, 0.3) is 0 Å². The maximum Gasteiger partial charge on any atom is 0.303 e. The van der Waals surface area contributed by atoms with Crippen molar-refractivity contribution in [1.29, 1.82) is 0 Å². The Morgan fingerprint density at radius 1 is 1.11 bits per heavy atom. The molecule has 1 N–H and O–H groups in total. The third-order valence-electron chi connectivity index (χ3n) is 2.43. The van der Waals surface area contributed by atoms with Gasteiger partial charge in [-0.3, -0.25) is 9.59 Å². The van der Waals surface area contributed by atoms with Gasteiger partial charge in [0.15, 0.2) is 5.78 Å². The predicted molar refractivity (Wildman–Crippen MR) is 70.0 cm³/mol. The van der Waals surface area contributed by atoms with Gasteiger partial charge in [-0.05, 0) is 32.0 Å². The highest BCUT2D eigenvalue weighted by molar-refractivity contribution is 6.00. The van der Waals surface area contributed by atoms with Crippen LogP contribution in [0.5, 0.6) is 11.5 Å². The maximum atomic E-state index is 12.0. The standard InChI is InChI=1S/C14H18O5/c1-3-18-10-5-7-13(19-4-2)11(9-10)12(15)6-8-14(16)17/h5,7,9H,3-4,6,8H2,1-2H3,(H,16,17). The molecule has 1 aromatic carbocycles. The summed E-state index contributed by atoms with van der Waals surface area (Å²) < 4.78 is 10.7. The van der Waals surface area contributed by atoms with Crippen LogP contribution in [-0.4, -0.2) is 30.1 Å². The number of benzene rings is 1. The summed E-state index contributed by atoms with van der Waals surface area (Å²) in [4.78, 5) is 22.5. The Hall–Kier alpha value is -2.04. The van der Waals surface area contributed by atoms with E-state index in [0.717, 1.165) is 0 Å². The van der Waals surface area contributed by atoms with Crippen molar-refractivity contribution in [1.82, 2.24) is 0 Å². The van der Waals surface area contributed by atoms with E-state index in [1.807, 2.05) is 13.8 Å². The highest BCUT2D eigenvalue weighted by Gasteiger charge is 2.15. The lowest BCUT2D eigenvalue weighted by atomic mass is 10.1. The summed E-state index contributed by atoms with van der Waals surface area (Å²) in [7, 11) is 0. The smallest absolute Gasteiger partial charge is 0.303 e. The lowest BCUT2D eigenvalue weighted by Crippen LogP contribution is -2.07. The van der Waals surface area contributed by atoms with Crippen molar-refractivity contribution in [3.8, 4) is 11.5 Å². The van der Waals surface area contributed by atoms with Crippen molar-refractivity contribution >= 4 is 11.8 Å². The summed E-state index contributed by atoms with van der Waals surface area (Å²) in [6, 6.07) is 4.99. The van der Waals surface area contributed by atoms with Crippen LogP contribution < -0.4 is 9.47 Å². The first-order chi connectivity index (χ1) is 9.08. The van der Waals surface area contributed by atoms with Gasteiger partial charge in [0.05, 0.1) is 25.2 Å². The molecule has 0 bridgehead atoms. The number of ketones is 1. The molecule has 0 aliphatic heterocycles. The second-order valence-corrected chi connectivity index (χ2v) is 3.84. The third-order valence-corrected chi connectivity index (χ3v) is 2.43. The average Bonchev–Trinajstić information content (AvgIpc) is 2.38. The molecule has 0 radical (unpaired) electrons. The first-order valence-electron chi connectivity index (χ1n) is 6.23. The Labute approximate surface area is 112 Å². The molecule has 5 heteroatoms. The summed E-state index contributed by atoms with van der Waals surface area (Å²) in [5, 5.41) is 8.61. The molecule has 0 atom stereocenters. The molecule has 0 spiro atoms. The van der Waals surface area contributed by atoms with Crippen molar-refractivity contribution in [2.45, 2.75) is 26.7 Å². The number of ether oxygens (including phenoxy) is 2. The summed E-state index contributed by atoms with van der Waals surface area (Å²) in [6.07, 6.45) is -0.242. The lowest BCUT2D eigenvalue weighted by molar-refractivity contribution is -0.136. The number of aliphatic carboxylic acids is 1. The minimum Gasteiger partial charge on any atom is -0.494 e. The first kappa shape index (κ1) is 15.0. The number of rotatable bonds is 8. The Morgan fingerprint density at radius 3 is 2.37 bits per heavy atom. The second-order valence-electron chi connectivity index (χ2n) is 3.84. The Balaban J connectivity index is 2.95. The van der Waals surface area contributed by atoms with Gasteiger partial charge in [0.2, 0.25) is 0 Å². The van der Waals surface area contributed by atoms with Crippen LogP contribution >= 0.6 is 0 Å². The molecule has 0 aromatic heterocycles. The molecule has 1 rings (SSSR count). The van der Waals surface area contributed by atoms with Crippen molar-refractivity contribution in [2.75, 3.05) is 13.2 Å². The first-order valence-corrected chi connectivity index (χ1v) is 6.23. The largest absolute Gasteiger partial charge is 0.494 e. The molecule has 0 saturated heterocycles. The molecule has 0 heterocycles. The zero-order valence-electron chi connectivity index (χ0n) is 11.1. The predicted octanol–water partition coefficient (Wildman–Crippen LogP) is 2.53. The van der Waals surface area contributed by atoms with Crippen molar-refractivity contribution < 1.29 is 24.2 Å². The highest BCUT2D eigenvalue weighted by atomic mass is 16.5. The van der Waals surface area contributed by atoms with E-state index >= 15 is 0 Å². The fourth-order valence-electron chi connectivity index (χ4n) is 1.62. The minimum atomic E-state index is -0.993. The topological polar surface area (TPSA) is 72.8 Å². The summed E-state index contributed by atoms with van der Waals surface area (Å²) in [5.74, 6) is -0.217. The van der Waals surface area contributed by atoms with Gasteiger partial charge in [-0.25, -0.2) is 0 Å². The van der Waals surface area contributed by atoms with Gasteiger partial charge in [-0.2, -0.15) is 0 Å². The van der Waals surface area contributed by atoms with E-state index in [2.05, 4.69) is 0 Å². The molecule has 0 saturated carbocycles. The van der Waals surface area contributed by atoms with Crippen LogP contribution in [0.1, 0.15) is 37.0 Å². The highest BCUT2D eigenvalue weighted by Crippen LogP contribution is 2.26. The molecule has 0 amide bonds. The summed E-state index contributed by atoms with van der Waals surface area (Å²) in [6.45, 7) is 4.61. The van der Waals surface area contributed by atoms with Gasteiger partial charge < -0.3 is 14.6 Å². The second kappa shape index (κ2) is 7.41. The number of hydrogen-bond acceptors (Lipinski definition) is 4. The lowest BCUT2D eigenvalue weighted by Gasteiger charge is -2.11. The molecule has 0 aliphatic carbocycles. The quantitative estimate of drug-likeness (QED) is 0.732. The van der Waals surface area contributed by atoms with E-state index < -0.39 is 5.97 Å². The molecular formula is C14H18O5. The number of carboxylic acid groups (broad SMARTS) is 1. The normalized spacial score (nSPS) is 10.0. The van der Waals surface area contributed by atoms with Crippen LogP contribution in [0.15, 0.2) is 18.2 Å². The number of hydrogen-bond donors (Lipinski definition) is 1. The Morgan fingerprint density at radius 2 is 1.79 bits per heavy atom. The molecule has 0 aliphatic rings. The van der Waals surface area contributed by atoms with Gasteiger partial charge in [-0.1, -0.05) is 0 Å². The summed E-state index contributed by atoms with van der Waals surface area (Å²) in [5.41, 5.74) is 0.369. The van der Waals surface area contributed by atoms with Crippen molar-refractivity contribution in [3.05, 3.63) is 23.8 Å². The monoisotopic (exact) mass is 266 g/mol.